The van der Waals surface area contributed by atoms with Crippen molar-refractivity contribution in [1.29, 1.82) is 0 Å². The number of hydrogen-bond acceptors (Lipinski definition) is 1. The molecule has 0 fully saturated rings. The molecule has 0 aliphatic heterocycles. The predicted octanol–water partition coefficient (Wildman–Crippen LogP) is 5.20. The van der Waals surface area contributed by atoms with Gasteiger partial charge >= 0.3 is 23.9 Å². The summed E-state index contributed by atoms with van der Waals surface area (Å²) in [7, 11) is 0. The summed E-state index contributed by atoms with van der Waals surface area (Å²) in [5, 5.41) is 0. The number of alkyl halides is 9. The lowest BCUT2D eigenvalue weighted by Gasteiger charge is -2.34. The maximum Gasteiger partial charge on any atom is 0.460 e. The fourth-order valence-electron chi connectivity index (χ4n) is 1.73. The summed E-state index contributed by atoms with van der Waals surface area (Å²) in [5.74, 6) is -20.8. The number of carbonyl (C=O) groups excluding carboxylic acids is 1. The zero-order valence-electron chi connectivity index (χ0n) is 11.3. The highest BCUT2D eigenvalue weighted by atomic mass is 19.4. The molecule has 0 unspecified atom stereocenters. The zero-order valence-corrected chi connectivity index (χ0v) is 11.3. The van der Waals surface area contributed by atoms with Crippen LogP contribution >= 0.6 is 0 Å². The second-order valence-corrected chi connectivity index (χ2v) is 4.54. The minimum atomic E-state index is -6.99. The summed E-state index contributed by atoms with van der Waals surface area (Å²) in [6.45, 7) is 1.18. The Morgan fingerprint density at radius 3 is 1.78 bits per heavy atom. The Morgan fingerprint density at radius 1 is 0.870 bits per heavy atom. The van der Waals surface area contributed by atoms with E-state index in [1.165, 1.54) is 6.92 Å². The maximum atomic E-state index is 13.8. The Morgan fingerprint density at radius 2 is 1.35 bits per heavy atom. The average molecular weight is 352 g/mol. The highest BCUT2D eigenvalue weighted by molar-refractivity contribution is 5.97. The van der Waals surface area contributed by atoms with Gasteiger partial charge in [0.15, 0.2) is 5.78 Å². The summed E-state index contributed by atoms with van der Waals surface area (Å²) in [5.41, 5.74) is -2.93. The number of ketones is 1. The Balaban J connectivity index is 3.56. The minimum Gasteiger partial charge on any atom is -0.294 e. The van der Waals surface area contributed by atoms with Crippen LogP contribution in [-0.2, 0) is 5.92 Å². The molecule has 1 rings (SSSR count). The van der Waals surface area contributed by atoms with E-state index in [1.54, 1.807) is 0 Å². The zero-order chi connectivity index (χ0) is 18.3. The molecule has 0 radical (unpaired) electrons. The Kier molecular flexibility index (Phi) is 4.80. The third-order valence-corrected chi connectivity index (χ3v) is 3.03. The van der Waals surface area contributed by atoms with Crippen LogP contribution in [0, 0.1) is 0 Å². The molecule has 0 saturated carbocycles. The molecule has 0 aliphatic rings. The van der Waals surface area contributed by atoms with Crippen molar-refractivity contribution in [3.05, 3.63) is 35.4 Å². The number of halogens is 9. The number of benzene rings is 1. The first-order valence-electron chi connectivity index (χ1n) is 6.04. The molecule has 0 heterocycles. The molecule has 10 heteroatoms. The van der Waals surface area contributed by atoms with Crippen molar-refractivity contribution in [1.82, 2.24) is 0 Å². The average Bonchev–Trinajstić information content (AvgIpc) is 2.44. The van der Waals surface area contributed by atoms with Crippen molar-refractivity contribution < 1.29 is 44.3 Å². The van der Waals surface area contributed by atoms with Crippen LogP contribution in [-0.4, -0.2) is 23.8 Å². The first-order chi connectivity index (χ1) is 10.2. The second-order valence-electron chi connectivity index (χ2n) is 4.54. The van der Waals surface area contributed by atoms with Gasteiger partial charge < -0.3 is 0 Å². The summed E-state index contributed by atoms with van der Waals surface area (Å²) >= 11 is 0. The van der Waals surface area contributed by atoms with E-state index in [1.807, 2.05) is 0 Å². The quantitative estimate of drug-likeness (QED) is 0.526. The van der Waals surface area contributed by atoms with E-state index in [9.17, 15) is 44.3 Å². The third kappa shape index (κ3) is 2.90. The molecular weight excluding hydrogens is 343 g/mol. The molecule has 1 aromatic carbocycles. The van der Waals surface area contributed by atoms with E-state index in [2.05, 4.69) is 0 Å². The van der Waals surface area contributed by atoms with E-state index in [0.717, 1.165) is 12.1 Å². The molecular formula is C13H9F9O. The van der Waals surface area contributed by atoms with Crippen molar-refractivity contribution >= 4 is 5.78 Å². The number of rotatable bonds is 5. The molecule has 0 N–H and O–H groups in total. The third-order valence-electron chi connectivity index (χ3n) is 3.03. The van der Waals surface area contributed by atoms with Crippen LogP contribution in [0.4, 0.5) is 39.5 Å². The summed E-state index contributed by atoms with van der Waals surface area (Å²) in [6, 6.07) is 2.57. The van der Waals surface area contributed by atoms with E-state index in [4.69, 9.17) is 0 Å². The van der Waals surface area contributed by atoms with Crippen molar-refractivity contribution in [2.45, 2.75) is 37.3 Å². The van der Waals surface area contributed by atoms with Gasteiger partial charge in [0.25, 0.3) is 0 Å². The Labute approximate surface area is 124 Å². The van der Waals surface area contributed by atoms with Crippen molar-refractivity contribution in [3.8, 4) is 0 Å². The molecule has 130 valence electrons. The summed E-state index contributed by atoms with van der Waals surface area (Å²) in [6.07, 6.45) is -7.34. The molecule has 0 saturated heterocycles. The highest BCUT2D eigenvalue weighted by Gasteiger charge is 2.82. The normalized spacial score (nSPS) is 14.0. The van der Waals surface area contributed by atoms with Crippen molar-refractivity contribution in [2.75, 3.05) is 0 Å². The highest BCUT2D eigenvalue weighted by Crippen LogP contribution is 2.57. The molecule has 0 spiro atoms. The van der Waals surface area contributed by atoms with Crippen LogP contribution < -0.4 is 0 Å². The molecule has 0 bridgehead atoms. The van der Waals surface area contributed by atoms with Crippen LogP contribution in [0.3, 0.4) is 0 Å². The predicted molar refractivity (Wildman–Crippen MR) is 60.9 cm³/mol. The first kappa shape index (κ1) is 19.3. The summed E-state index contributed by atoms with van der Waals surface area (Å²) in [4.78, 5) is 11.5. The largest absolute Gasteiger partial charge is 0.460 e. The van der Waals surface area contributed by atoms with Gasteiger partial charge in [-0.05, 0) is 0 Å². The van der Waals surface area contributed by atoms with Gasteiger partial charge in [0, 0.05) is 17.5 Å². The molecule has 1 nitrogen and oxygen atoms in total. The Hall–Kier alpha value is -1.74. The fraction of sp³-hybridized carbons (Fsp3) is 0.462. The van der Waals surface area contributed by atoms with Crippen molar-refractivity contribution in [3.63, 3.8) is 0 Å². The topological polar surface area (TPSA) is 17.1 Å². The minimum absolute atomic E-state index is 0.212. The molecule has 0 amide bonds. The number of hydrogen-bond donors (Lipinski definition) is 0. The maximum absolute atomic E-state index is 13.8. The number of carbonyl (C=O) groups is 1. The van der Waals surface area contributed by atoms with Crippen LogP contribution in [0.1, 0.15) is 29.3 Å². The Bertz CT molecular complexity index is 589. The molecule has 0 atom stereocenters. The van der Waals surface area contributed by atoms with E-state index in [0.29, 0.717) is 6.07 Å². The van der Waals surface area contributed by atoms with Crippen LogP contribution in [0.2, 0.25) is 0 Å². The van der Waals surface area contributed by atoms with Crippen LogP contribution in [0.25, 0.3) is 0 Å². The van der Waals surface area contributed by atoms with Gasteiger partial charge in [0.05, 0.1) is 0 Å². The van der Waals surface area contributed by atoms with Gasteiger partial charge in [-0.15, -0.1) is 0 Å². The van der Waals surface area contributed by atoms with E-state index in [-0.39, 0.29) is 6.07 Å². The molecule has 0 aliphatic carbocycles. The fourth-order valence-corrected chi connectivity index (χ4v) is 1.73. The van der Waals surface area contributed by atoms with Gasteiger partial charge in [-0.2, -0.15) is 39.5 Å². The first-order valence-corrected chi connectivity index (χ1v) is 6.04. The smallest absolute Gasteiger partial charge is 0.294 e. The van der Waals surface area contributed by atoms with Crippen molar-refractivity contribution in [2.24, 2.45) is 0 Å². The van der Waals surface area contributed by atoms with Crippen LogP contribution in [0.5, 0.6) is 0 Å². The molecule has 1 aromatic rings. The van der Waals surface area contributed by atoms with Crippen LogP contribution in [0.15, 0.2) is 24.3 Å². The SMILES string of the molecule is CCC(=O)c1ccccc1C(F)(F)C(F)(F)C(F)(F)C(F)(F)F. The number of Topliss-reactive ketones (excluding diaryl/α,β-unsaturated/α-hetero) is 1. The standard InChI is InChI=1S/C13H9F9O/c1-2-9(23)7-5-3-4-6-8(7)10(14,15)11(16,17)12(18,19)13(20,21)22/h3-6H,2H2,1H3. The lowest BCUT2D eigenvalue weighted by Crippen LogP contribution is -2.59. The van der Waals surface area contributed by atoms with Gasteiger partial charge in [-0.3, -0.25) is 4.79 Å². The second kappa shape index (κ2) is 5.72. The monoisotopic (exact) mass is 352 g/mol. The van der Waals surface area contributed by atoms with E-state index < -0.39 is 47.3 Å². The summed E-state index contributed by atoms with van der Waals surface area (Å²) < 4.78 is 116. The van der Waals surface area contributed by atoms with Gasteiger partial charge in [0.1, 0.15) is 0 Å². The molecule has 0 aromatic heterocycles. The van der Waals surface area contributed by atoms with Gasteiger partial charge in [0.2, 0.25) is 0 Å². The van der Waals surface area contributed by atoms with Gasteiger partial charge in [-0.1, -0.05) is 31.2 Å². The lowest BCUT2D eigenvalue weighted by atomic mass is 9.91. The lowest BCUT2D eigenvalue weighted by molar-refractivity contribution is -0.399. The van der Waals surface area contributed by atoms with Gasteiger partial charge in [-0.25, -0.2) is 0 Å². The van der Waals surface area contributed by atoms with E-state index >= 15 is 0 Å². The molecule has 23 heavy (non-hydrogen) atoms.